The summed E-state index contributed by atoms with van der Waals surface area (Å²) in [5.41, 5.74) is 0.867. The summed E-state index contributed by atoms with van der Waals surface area (Å²) in [6.45, 7) is 6.33. The Kier molecular flexibility index (Phi) is 2.03. The first-order valence-electron chi connectivity index (χ1n) is 5.33. The van der Waals surface area contributed by atoms with Gasteiger partial charge in [0.2, 0.25) is 5.82 Å². The molecule has 3 heterocycles. The predicted molar refractivity (Wildman–Crippen MR) is 56.7 cm³/mol. The molecule has 2 aromatic heterocycles. The molecule has 2 aromatic rings. The quantitative estimate of drug-likeness (QED) is 0.762. The van der Waals surface area contributed by atoms with Gasteiger partial charge in [0.15, 0.2) is 11.7 Å². The number of aromatic nitrogens is 4. The van der Waals surface area contributed by atoms with Gasteiger partial charge in [-0.15, -0.1) is 10.2 Å². The minimum atomic E-state index is 0.666. The van der Waals surface area contributed by atoms with Crippen LogP contribution in [0.1, 0.15) is 17.4 Å². The van der Waals surface area contributed by atoms with Crippen molar-refractivity contribution in [2.45, 2.75) is 26.9 Å². The molecule has 0 saturated heterocycles. The fourth-order valence-corrected chi connectivity index (χ4v) is 2.00. The number of hydrogen-bond donors (Lipinski definition) is 1. The number of nitrogens with zero attached hydrogens (tertiary/aromatic N) is 4. The van der Waals surface area contributed by atoms with E-state index >= 15 is 0 Å². The largest absolute Gasteiger partial charge is 0.437 e. The van der Waals surface area contributed by atoms with Crippen LogP contribution in [0.2, 0.25) is 0 Å². The lowest BCUT2D eigenvalue weighted by atomic mass is 10.3. The van der Waals surface area contributed by atoms with Gasteiger partial charge in [0, 0.05) is 20.0 Å². The molecule has 0 spiro atoms. The minimum Gasteiger partial charge on any atom is -0.437 e. The molecule has 0 aromatic carbocycles. The van der Waals surface area contributed by atoms with Crippen molar-refractivity contribution >= 4 is 0 Å². The Hall–Kier alpha value is -1.69. The zero-order valence-corrected chi connectivity index (χ0v) is 9.32. The van der Waals surface area contributed by atoms with E-state index in [1.165, 1.54) is 0 Å². The lowest BCUT2D eigenvalue weighted by Crippen LogP contribution is -2.28. The van der Waals surface area contributed by atoms with Gasteiger partial charge in [-0.05, 0) is 6.92 Å². The van der Waals surface area contributed by atoms with Crippen LogP contribution in [0, 0.1) is 13.8 Å². The fraction of sp³-hybridized carbons (Fsp3) is 0.500. The van der Waals surface area contributed by atoms with E-state index < -0.39 is 0 Å². The first-order chi connectivity index (χ1) is 7.75. The summed E-state index contributed by atoms with van der Waals surface area (Å²) in [5.74, 6) is 3.14. The van der Waals surface area contributed by atoms with Crippen LogP contribution in [-0.2, 0) is 13.1 Å². The average molecular weight is 219 g/mol. The Morgan fingerprint density at radius 1 is 1.31 bits per heavy atom. The van der Waals surface area contributed by atoms with Gasteiger partial charge in [-0.25, -0.2) is 4.98 Å². The van der Waals surface area contributed by atoms with E-state index in [9.17, 15) is 0 Å². The van der Waals surface area contributed by atoms with Crippen molar-refractivity contribution in [3.8, 4) is 11.6 Å². The number of rotatable bonds is 1. The van der Waals surface area contributed by atoms with E-state index in [-0.39, 0.29) is 0 Å². The van der Waals surface area contributed by atoms with Crippen LogP contribution in [0.5, 0.6) is 0 Å². The Balaban J connectivity index is 2.13. The molecule has 0 fully saturated rings. The molecule has 1 N–H and O–H groups in total. The first kappa shape index (κ1) is 9.53. The second kappa shape index (κ2) is 3.41. The zero-order chi connectivity index (χ0) is 11.1. The highest BCUT2D eigenvalue weighted by Gasteiger charge is 2.21. The van der Waals surface area contributed by atoms with Gasteiger partial charge >= 0.3 is 0 Å². The second-order valence-corrected chi connectivity index (χ2v) is 3.92. The molecule has 0 atom stereocenters. The first-order valence-corrected chi connectivity index (χ1v) is 5.33. The van der Waals surface area contributed by atoms with Crippen LogP contribution in [0.15, 0.2) is 4.42 Å². The maximum absolute atomic E-state index is 5.57. The lowest BCUT2D eigenvalue weighted by molar-refractivity contribution is 0.493. The van der Waals surface area contributed by atoms with Crippen molar-refractivity contribution < 1.29 is 4.42 Å². The van der Waals surface area contributed by atoms with Crippen molar-refractivity contribution in [3.63, 3.8) is 0 Å². The van der Waals surface area contributed by atoms with E-state index in [0.717, 1.165) is 42.7 Å². The third-order valence-electron chi connectivity index (χ3n) is 2.73. The van der Waals surface area contributed by atoms with Gasteiger partial charge in [-0.2, -0.15) is 0 Å². The Morgan fingerprint density at radius 3 is 2.94 bits per heavy atom. The van der Waals surface area contributed by atoms with Crippen molar-refractivity contribution in [2.75, 3.05) is 6.54 Å². The van der Waals surface area contributed by atoms with E-state index in [2.05, 4.69) is 25.1 Å². The number of aryl methyl sites for hydroxylation is 2. The summed E-state index contributed by atoms with van der Waals surface area (Å²) < 4.78 is 7.66. The molecule has 1 aliphatic heterocycles. The topological polar surface area (TPSA) is 68.8 Å². The van der Waals surface area contributed by atoms with Gasteiger partial charge in [0.1, 0.15) is 5.82 Å². The van der Waals surface area contributed by atoms with Gasteiger partial charge in [-0.1, -0.05) is 0 Å². The van der Waals surface area contributed by atoms with E-state index in [4.69, 9.17) is 4.42 Å². The minimum absolute atomic E-state index is 0.666. The third kappa shape index (κ3) is 1.34. The van der Waals surface area contributed by atoms with Crippen LogP contribution < -0.4 is 5.32 Å². The van der Waals surface area contributed by atoms with Gasteiger partial charge in [0.25, 0.3) is 0 Å². The molecule has 6 heteroatoms. The summed E-state index contributed by atoms with van der Waals surface area (Å²) in [5, 5.41) is 11.6. The second-order valence-electron chi connectivity index (χ2n) is 3.92. The van der Waals surface area contributed by atoms with Crippen LogP contribution in [-0.4, -0.2) is 26.3 Å². The summed E-state index contributed by atoms with van der Waals surface area (Å²) in [4.78, 5) is 4.25. The Bertz CT molecular complexity index is 527. The summed E-state index contributed by atoms with van der Waals surface area (Å²) >= 11 is 0. The standard InChI is InChI=1S/C10H13N5O/c1-6-9(16-7(2)12-6)10-14-13-8-5-11-3-4-15(8)10/h11H,3-5H2,1-2H3. The molecule has 0 unspecified atom stereocenters. The van der Waals surface area contributed by atoms with Crippen LogP contribution in [0.25, 0.3) is 11.6 Å². The van der Waals surface area contributed by atoms with Gasteiger partial charge in [-0.3, -0.25) is 0 Å². The van der Waals surface area contributed by atoms with Crippen LogP contribution >= 0.6 is 0 Å². The Morgan fingerprint density at radius 2 is 2.19 bits per heavy atom. The fourth-order valence-electron chi connectivity index (χ4n) is 2.00. The molecular weight excluding hydrogens is 206 g/mol. The SMILES string of the molecule is Cc1nc(C)c(-c2nnc3n2CCNC3)o1. The molecule has 84 valence electrons. The van der Waals surface area contributed by atoms with E-state index in [0.29, 0.717) is 5.89 Å². The normalized spacial score (nSPS) is 15.1. The van der Waals surface area contributed by atoms with E-state index in [1.807, 2.05) is 13.8 Å². The summed E-state index contributed by atoms with van der Waals surface area (Å²) in [7, 11) is 0. The van der Waals surface area contributed by atoms with E-state index in [1.54, 1.807) is 0 Å². The van der Waals surface area contributed by atoms with Gasteiger partial charge in [0.05, 0.1) is 12.2 Å². The molecule has 3 rings (SSSR count). The maximum atomic E-state index is 5.57. The highest BCUT2D eigenvalue weighted by atomic mass is 16.4. The van der Waals surface area contributed by atoms with Crippen molar-refractivity contribution in [3.05, 3.63) is 17.4 Å². The number of oxazole rings is 1. The van der Waals surface area contributed by atoms with Crippen LogP contribution in [0.4, 0.5) is 0 Å². The number of fused-ring (bicyclic) bond motifs is 1. The van der Waals surface area contributed by atoms with Crippen molar-refractivity contribution in [1.82, 2.24) is 25.1 Å². The molecule has 0 amide bonds. The molecule has 0 aliphatic carbocycles. The average Bonchev–Trinajstić information content (AvgIpc) is 2.81. The number of hydrogen-bond acceptors (Lipinski definition) is 5. The lowest BCUT2D eigenvalue weighted by Gasteiger charge is -2.15. The number of nitrogens with one attached hydrogen (secondary N) is 1. The van der Waals surface area contributed by atoms with Crippen LogP contribution in [0.3, 0.4) is 0 Å². The van der Waals surface area contributed by atoms with Crippen molar-refractivity contribution in [1.29, 1.82) is 0 Å². The molecule has 1 aliphatic rings. The van der Waals surface area contributed by atoms with Crippen molar-refractivity contribution in [2.24, 2.45) is 0 Å². The highest BCUT2D eigenvalue weighted by Crippen LogP contribution is 2.23. The third-order valence-corrected chi connectivity index (χ3v) is 2.73. The predicted octanol–water partition coefficient (Wildman–Crippen LogP) is 0.653. The zero-order valence-electron chi connectivity index (χ0n) is 9.32. The molecule has 0 radical (unpaired) electrons. The summed E-state index contributed by atoms with van der Waals surface area (Å²) in [6.07, 6.45) is 0. The summed E-state index contributed by atoms with van der Waals surface area (Å²) in [6, 6.07) is 0. The van der Waals surface area contributed by atoms with Gasteiger partial charge < -0.3 is 14.3 Å². The maximum Gasteiger partial charge on any atom is 0.201 e. The molecule has 0 bridgehead atoms. The smallest absolute Gasteiger partial charge is 0.201 e. The highest BCUT2D eigenvalue weighted by molar-refractivity contribution is 5.50. The molecule has 6 nitrogen and oxygen atoms in total. The molecule has 16 heavy (non-hydrogen) atoms. The molecular formula is C10H13N5O. The molecule has 0 saturated carbocycles. The Labute approximate surface area is 92.7 Å². The monoisotopic (exact) mass is 219 g/mol.